The predicted molar refractivity (Wildman–Crippen MR) is 129 cm³/mol. The molecule has 0 spiro atoms. The number of H-pyrrole nitrogens is 1. The molecule has 6 heteroatoms. The number of aromatic nitrogens is 1. The number of thiocarbonyl (C=S) groups is 1. The van der Waals surface area contributed by atoms with Crippen LogP contribution in [0.25, 0.3) is 10.9 Å². The second-order valence-corrected chi connectivity index (χ2v) is 9.52. The molecule has 1 aliphatic carbocycles. The fourth-order valence-corrected chi connectivity index (χ4v) is 4.83. The van der Waals surface area contributed by atoms with Gasteiger partial charge in [-0.2, -0.15) is 0 Å². The lowest BCUT2D eigenvalue weighted by Gasteiger charge is -2.36. The average Bonchev–Trinajstić information content (AvgIpc) is 2.70. The van der Waals surface area contributed by atoms with Gasteiger partial charge in [0.05, 0.1) is 27.2 Å². The second-order valence-electron chi connectivity index (χ2n) is 9.13. The van der Waals surface area contributed by atoms with Gasteiger partial charge in [-0.3, -0.25) is 4.79 Å². The van der Waals surface area contributed by atoms with E-state index in [-0.39, 0.29) is 5.56 Å². The van der Waals surface area contributed by atoms with Crippen LogP contribution in [0.2, 0.25) is 0 Å². The van der Waals surface area contributed by atoms with Crippen molar-refractivity contribution in [2.45, 2.75) is 65.0 Å². The smallest absolute Gasteiger partial charge is 0.253 e. The molecule has 0 saturated heterocycles. The van der Waals surface area contributed by atoms with Crippen molar-refractivity contribution in [2.75, 3.05) is 27.2 Å². The Balaban J connectivity index is 1.82. The molecule has 1 fully saturated rings. The minimum absolute atomic E-state index is 0.00711. The third-order valence-corrected chi connectivity index (χ3v) is 6.52. The highest BCUT2D eigenvalue weighted by molar-refractivity contribution is 7.80. The predicted octanol–water partition coefficient (Wildman–Crippen LogP) is 2.69. The molecule has 0 amide bonds. The Hall–Kier alpha value is -1.92. The van der Waals surface area contributed by atoms with E-state index < -0.39 is 0 Å². The number of quaternary nitrogens is 1. The highest BCUT2D eigenvalue weighted by Crippen LogP contribution is 2.25. The molecule has 3 rings (SSSR count). The Labute approximate surface area is 185 Å². The van der Waals surface area contributed by atoms with Crippen LogP contribution in [0.4, 0.5) is 0 Å². The minimum atomic E-state index is -0.00711. The summed E-state index contributed by atoms with van der Waals surface area (Å²) in [6.45, 7) is 6.72. The van der Waals surface area contributed by atoms with Crippen LogP contribution >= 0.6 is 12.2 Å². The molecular weight excluding hydrogens is 392 g/mol. The van der Waals surface area contributed by atoms with Gasteiger partial charge in [-0.15, -0.1) is 0 Å². The molecule has 1 aromatic heterocycles. The van der Waals surface area contributed by atoms with E-state index in [4.69, 9.17) is 12.2 Å². The van der Waals surface area contributed by atoms with Gasteiger partial charge in [0, 0.05) is 35.5 Å². The maximum Gasteiger partial charge on any atom is 0.253 e. The van der Waals surface area contributed by atoms with E-state index in [0.717, 1.165) is 59.5 Å². The fraction of sp³-hybridized carbons (Fsp3) is 0.583. The van der Waals surface area contributed by atoms with Crippen LogP contribution in [-0.4, -0.2) is 48.2 Å². The zero-order chi connectivity index (χ0) is 21.7. The van der Waals surface area contributed by atoms with Crippen LogP contribution in [0.15, 0.2) is 23.0 Å². The van der Waals surface area contributed by atoms with Crippen molar-refractivity contribution in [1.82, 2.24) is 15.2 Å². The first-order valence-corrected chi connectivity index (χ1v) is 11.7. The summed E-state index contributed by atoms with van der Waals surface area (Å²) in [6.07, 6.45) is 7.14. The Bertz CT molecular complexity index is 931. The van der Waals surface area contributed by atoms with Crippen LogP contribution < -0.4 is 15.8 Å². The molecule has 30 heavy (non-hydrogen) atoms. The number of aromatic amines is 1. The van der Waals surface area contributed by atoms with Crippen molar-refractivity contribution < 1.29 is 4.90 Å². The van der Waals surface area contributed by atoms with E-state index >= 15 is 0 Å². The van der Waals surface area contributed by atoms with Gasteiger partial charge in [-0.1, -0.05) is 25.3 Å². The average molecular weight is 430 g/mol. The maximum absolute atomic E-state index is 12.9. The van der Waals surface area contributed by atoms with Crippen molar-refractivity contribution in [3.05, 3.63) is 45.2 Å². The maximum atomic E-state index is 12.9. The lowest BCUT2D eigenvalue weighted by atomic mass is 9.94. The number of nitrogens with one attached hydrogen (secondary N) is 3. The largest absolute Gasteiger partial charge is 0.362 e. The van der Waals surface area contributed by atoms with Crippen molar-refractivity contribution >= 4 is 28.2 Å². The summed E-state index contributed by atoms with van der Waals surface area (Å²) < 4.78 is 0. The topological polar surface area (TPSA) is 52.6 Å². The first kappa shape index (κ1) is 22.8. The van der Waals surface area contributed by atoms with Gasteiger partial charge in [-0.05, 0) is 62.2 Å². The van der Waals surface area contributed by atoms with Gasteiger partial charge in [0.1, 0.15) is 0 Å². The summed E-state index contributed by atoms with van der Waals surface area (Å²) in [5, 5.41) is 5.37. The zero-order valence-electron chi connectivity index (χ0n) is 18.9. The molecule has 1 heterocycles. The molecule has 0 bridgehead atoms. The lowest BCUT2D eigenvalue weighted by Crippen LogP contribution is -3.05. The minimum Gasteiger partial charge on any atom is -0.362 e. The van der Waals surface area contributed by atoms with Crippen molar-refractivity contribution in [1.29, 1.82) is 0 Å². The fourth-order valence-electron chi connectivity index (χ4n) is 4.52. The molecule has 2 aromatic rings. The van der Waals surface area contributed by atoms with Crippen LogP contribution in [0.5, 0.6) is 0 Å². The highest BCUT2D eigenvalue weighted by atomic mass is 32.1. The molecule has 0 unspecified atom stereocenters. The number of pyridine rings is 1. The summed E-state index contributed by atoms with van der Waals surface area (Å²) >= 11 is 5.81. The molecule has 5 nitrogen and oxygen atoms in total. The molecule has 164 valence electrons. The summed E-state index contributed by atoms with van der Waals surface area (Å²) in [6, 6.07) is 6.69. The number of nitrogens with zero attached hydrogens (tertiary/aromatic N) is 1. The number of rotatable bonds is 7. The normalized spacial score (nSPS) is 15.0. The molecule has 3 N–H and O–H groups in total. The Morgan fingerprint density at radius 3 is 2.63 bits per heavy atom. The summed E-state index contributed by atoms with van der Waals surface area (Å²) in [5.74, 6) is 0. The quantitative estimate of drug-likeness (QED) is 0.468. The summed E-state index contributed by atoms with van der Waals surface area (Å²) in [7, 11) is 4.34. The van der Waals surface area contributed by atoms with Crippen LogP contribution in [0.3, 0.4) is 0 Å². The molecule has 1 aromatic carbocycles. The molecule has 0 atom stereocenters. The number of fused-ring (bicyclic) bond motifs is 1. The molecule has 1 saturated carbocycles. The highest BCUT2D eigenvalue weighted by Gasteiger charge is 2.24. The third kappa shape index (κ3) is 5.82. The van der Waals surface area contributed by atoms with Gasteiger partial charge in [-0.25, -0.2) is 0 Å². The third-order valence-electron chi connectivity index (χ3n) is 6.14. The van der Waals surface area contributed by atoms with Crippen molar-refractivity contribution in [3.63, 3.8) is 0 Å². The number of hydrogen-bond acceptors (Lipinski definition) is 2. The summed E-state index contributed by atoms with van der Waals surface area (Å²) in [5.41, 5.74) is 4.06. The van der Waals surface area contributed by atoms with Gasteiger partial charge < -0.3 is 20.1 Å². The SMILES string of the molecule is Cc1cc(C)c2cc(CN(C(=S)NCCC[NH+](C)C)C3CCCCC3)c(=O)[nH]c2c1. The Morgan fingerprint density at radius 1 is 1.20 bits per heavy atom. The number of benzene rings is 1. The molecule has 1 aliphatic rings. The zero-order valence-corrected chi connectivity index (χ0v) is 19.8. The van der Waals surface area contributed by atoms with E-state index in [2.05, 4.69) is 55.3 Å². The Morgan fingerprint density at radius 2 is 1.93 bits per heavy atom. The molecular formula is C24H37N4OS+. The standard InChI is InChI=1S/C24H36N4OS/c1-17-13-18(2)21-15-19(23(29)26-22(21)14-17)16-28(20-9-6-5-7-10-20)24(30)25-11-8-12-27(3)4/h13-15,20H,5-12,16H2,1-4H3,(H,25,30)(H,26,29)/p+1. The van der Waals surface area contributed by atoms with Crippen LogP contribution in [0.1, 0.15) is 55.2 Å². The monoisotopic (exact) mass is 429 g/mol. The van der Waals surface area contributed by atoms with Gasteiger partial charge in [0.25, 0.3) is 5.56 Å². The number of hydrogen-bond donors (Lipinski definition) is 3. The first-order chi connectivity index (χ1) is 14.3. The van der Waals surface area contributed by atoms with Gasteiger partial charge >= 0.3 is 0 Å². The van der Waals surface area contributed by atoms with Gasteiger partial charge in [0.2, 0.25) is 0 Å². The lowest BCUT2D eigenvalue weighted by molar-refractivity contribution is -0.858. The van der Waals surface area contributed by atoms with Crippen molar-refractivity contribution in [3.8, 4) is 0 Å². The molecule has 0 aliphatic heterocycles. The Kier molecular flexibility index (Phi) is 7.89. The van der Waals surface area contributed by atoms with E-state index in [1.807, 2.05) is 6.07 Å². The van der Waals surface area contributed by atoms with Crippen LogP contribution in [-0.2, 0) is 6.54 Å². The van der Waals surface area contributed by atoms with Crippen LogP contribution in [0, 0.1) is 13.8 Å². The van der Waals surface area contributed by atoms with E-state index in [1.165, 1.54) is 29.7 Å². The second kappa shape index (κ2) is 10.4. The first-order valence-electron chi connectivity index (χ1n) is 11.3. The number of aryl methyl sites for hydroxylation is 2. The van der Waals surface area contributed by atoms with E-state index in [1.54, 1.807) is 0 Å². The van der Waals surface area contributed by atoms with Crippen molar-refractivity contribution in [2.24, 2.45) is 0 Å². The van der Waals surface area contributed by atoms with E-state index in [9.17, 15) is 4.79 Å². The summed E-state index contributed by atoms with van der Waals surface area (Å²) in [4.78, 5) is 19.7. The van der Waals surface area contributed by atoms with E-state index in [0.29, 0.717) is 12.6 Å². The molecule has 0 radical (unpaired) electrons. The van der Waals surface area contributed by atoms with Gasteiger partial charge in [0.15, 0.2) is 5.11 Å².